The van der Waals surface area contributed by atoms with E-state index in [1.54, 1.807) is 39.0 Å². The predicted molar refractivity (Wildman–Crippen MR) is 124 cm³/mol. The van der Waals surface area contributed by atoms with Crippen LogP contribution in [0.4, 0.5) is 0 Å². The minimum absolute atomic E-state index is 0.247. The zero-order valence-corrected chi connectivity index (χ0v) is 22.6. The number of fused-ring (bicyclic) bond motifs is 2. The van der Waals surface area contributed by atoms with Gasteiger partial charge in [-0.3, -0.25) is 0 Å². The Morgan fingerprint density at radius 2 is 1.50 bits per heavy atom. The summed E-state index contributed by atoms with van der Waals surface area (Å²) in [6.45, 7) is 12.1. The Hall–Kier alpha value is -1.47. The van der Waals surface area contributed by atoms with E-state index < -0.39 is 22.9 Å². The Labute approximate surface area is 193 Å². The Morgan fingerprint density at radius 3 is 2.17 bits per heavy atom. The van der Waals surface area contributed by atoms with Gasteiger partial charge in [0.15, 0.2) is 0 Å². The van der Waals surface area contributed by atoms with E-state index in [0.717, 1.165) is 6.42 Å². The summed E-state index contributed by atoms with van der Waals surface area (Å²) in [5, 5.41) is 0. The van der Waals surface area contributed by atoms with Gasteiger partial charge in [-0.2, -0.15) is 0 Å². The van der Waals surface area contributed by atoms with Crippen molar-refractivity contribution < 1.29 is 22.9 Å². The van der Waals surface area contributed by atoms with Crippen LogP contribution in [0.1, 0.15) is 68.9 Å². The summed E-state index contributed by atoms with van der Waals surface area (Å²) in [5.41, 5.74) is 14.3. The van der Waals surface area contributed by atoms with E-state index in [1.165, 1.54) is 30.4 Å². The van der Waals surface area contributed by atoms with E-state index in [0.29, 0.717) is 3.17 Å². The van der Waals surface area contributed by atoms with Crippen LogP contribution in [0.2, 0.25) is 3.17 Å². The summed E-state index contributed by atoms with van der Waals surface area (Å²) in [5.74, 6) is 0. The van der Waals surface area contributed by atoms with E-state index >= 15 is 0 Å². The quantitative estimate of drug-likeness (QED) is 0.339. The molecule has 0 aliphatic heterocycles. The van der Waals surface area contributed by atoms with Gasteiger partial charge in [0, 0.05) is 0 Å². The predicted octanol–water partition coefficient (Wildman–Crippen LogP) is 7.59. The molecule has 0 aromatic heterocycles. The second kappa shape index (κ2) is 7.30. The molecule has 2 aromatic carbocycles. The van der Waals surface area contributed by atoms with Crippen LogP contribution >= 0.6 is 0 Å². The summed E-state index contributed by atoms with van der Waals surface area (Å²) in [7, 11) is 0. The molecule has 0 heterocycles. The molecule has 5 rings (SSSR count). The monoisotopic (exact) mass is 560 g/mol. The van der Waals surface area contributed by atoms with Crippen LogP contribution in [0.25, 0.3) is 6.08 Å². The molecule has 0 saturated heterocycles. The third-order valence-corrected chi connectivity index (χ3v) is 16.6. The molecule has 1 atom stereocenters. The van der Waals surface area contributed by atoms with E-state index in [1.807, 2.05) is 0 Å². The molecule has 152 valence electrons. The van der Waals surface area contributed by atoms with Gasteiger partial charge in [-0.1, -0.05) is 0 Å². The van der Waals surface area contributed by atoms with Crippen molar-refractivity contribution in [1.29, 1.82) is 0 Å². The number of benzene rings is 2. The topological polar surface area (TPSA) is 0 Å². The third kappa shape index (κ3) is 3.03. The zero-order chi connectivity index (χ0) is 21.1. The molecule has 0 saturated carbocycles. The molecule has 1 heteroatoms. The Morgan fingerprint density at radius 1 is 0.867 bits per heavy atom. The van der Waals surface area contributed by atoms with Crippen LogP contribution in [-0.4, -0.2) is 0 Å². The van der Waals surface area contributed by atoms with Crippen molar-refractivity contribution in [1.82, 2.24) is 0 Å². The third-order valence-electron chi connectivity index (χ3n) is 8.28. The van der Waals surface area contributed by atoms with Gasteiger partial charge in [0.1, 0.15) is 0 Å². The summed E-state index contributed by atoms with van der Waals surface area (Å²) < 4.78 is 0.560. The van der Waals surface area contributed by atoms with Gasteiger partial charge >= 0.3 is 194 Å². The van der Waals surface area contributed by atoms with E-state index in [4.69, 9.17) is 0 Å². The van der Waals surface area contributed by atoms with Crippen molar-refractivity contribution in [3.63, 3.8) is 0 Å². The summed E-state index contributed by atoms with van der Waals surface area (Å²) >= 11 is -1.25. The molecule has 1 unspecified atom stereocenters. The molecule has 3 aliphatic rings. The molecule has 2 aromatic rings. The Balaban J connectivity index is 1.65. The van der Waals surface area contributed by atoms with Gasteiger partial charge in [-0.05, 0) is 0 Å². The van der Waals surface area contributed by atoms with Gasteiger partial charge in [0.25, 0.3) is 0 Å². The van der Waals surface area contributed by atoms with Crippen molar-refractivity contribution in [3.05, 3.63) is 98.7 Å². The first-order chi connectivity index (χ1) is 14.3. The van der Waals surface area contributed by atoms with Crippen molar-refractivity contribution >= 4 is 6.08 Å². The molecular formula is C29H32Hf. The van der Waals surface area contributed by atoms with Crippen LogP contribution < -0.4 is 0 Å². The van der Waals surface area contributed by atoms with Crippen LogP contribution in [0.5, 0.6) is 0 Å². The summed E-state index contributed by atoms with van der Waals surface area (Å²) in [6.07, 6.45) is 10.1. The number of hydrogen-bond donors (Lipinski definition) is 0. The normalized spacial score (nSPS) is 23.9. The van der Waals surface area contributed by atoms with E-state index in [2.05, 4.69) is 89.2 Å². The van der Waals surface area contributed by atoms with Gasteiger partial charge in [0.2, 0.25) is 0 Å². The number of rotatable bonds is 4. The van der Waals surface area contributed by atoms with Crippen molar-refractivity contribution in [3.8, 4) is 0 Å². The molecule has 0 N–H and O–H groups in total. The van der Waals surface area contributed by atoms with Gasteiger partial charge in [-0.25, -0.2) is 0 Å². The number of allylic oxidation sites excluding steroid dienone is 5. The Bertz CT molecular complexity index is 1090. The molecule has 30 heavy (non-hydrogen) atoms. The second-order valence-corrected chi connectivity index (χ2v) is 17.5. The number of hydrogen-bond acceptors (Lipinski definition) is 0. The summed E-state index contributed by atoms with van der Waals surface area (Å²) in [4.78, 5) is 0. The van der Waals surface area contributed by atoms with Gasteiger partial charge in [-0.15, -0.1) is 0 Å². The molecule has 0 bridgehead atoms. The maximum absolute atomic E-state index is 2.64. The molecular weight excluding hydrogens is 527 g/mol. The standard InChI is InChI=1S/C19H17.C10H15.Hf/c1-2-5-14(6-3-1)11-17-9-10-18-12-15-7-4-8-16(15)13-19(17)18;1-6-7(2)9(4)10(5)8(6)3;/h1-3,5-6,9-10,12-13H,4,7-8,11H2;1-5H3;. The minimum atomic E-state index is -1.25. The van der Waals surface area contributed by atoms with E-state index in [-0.39, 0.29) is 3.17 Å². The van der Waals surface area contributed by atoms with Gasteiger partial charge < -0.3 is 0 Å². The zero-order valence-electron chi connectivity index (χ0n) is 19.0. The van der Waals surface area contributed by atoms with Crippen molar-refractivity contribution in [2.75, 3.05) is 0 Å². The average molecular weight is 559 g/mol. The van der Waals surface area contributed by atoms with Crippen molar-refractivity contribution in [2.24, 2.45) is 0 Å². The molecule has 0 amide bonds. The fourth-order valence-corrected chi connectivity index (χ4v) is 14.8. The molecule has 0 nitrogen and oxygen atoms in total. The van der Waals surface area contributed by atoms with Crippen LogP contribution in [-0.2, 0) is 45.3 Å². The fourth-order valence-electron chi connectivity index (χ4n) is 5.94. The average Bonchev–Trinajstić information content (AvgIpc) is 3.38. The summed E-state index contributed by atoms with van der Waals surface area (Å²) in [6, 6.07) is 16.4. The molecule has 0 fully saturated rings. The fraction of sp³-hybridized carbons (Fsp3) is 0.379. The first kappa shape index (κ1) is 20.4. The first-order valence-corrected chi connectivity index (χ1v) is 15.0. The second-order valence-electron chi connectivity index (χ2n) is 9.78. The SMILES string of the molecule is CC1=C(C)[C](C)([Hf][C]2(Cc3ccccc3)C=Cc3cc4c(cc32)CCC4)C(C)=C1C. The van der Waals surface area contributed by atoms with E-state index in [9.17, 15) is 0 Å². The van der Waals surface area contributed by atoms with Crippen LogP contribution in [0, 0.1) is 0 Å². The molecule has 3 aliphatic carbocycles. The molecule has 0 radical (unpaired) electrons. The van der Waals surface area contributed by atoms with Crippen LogP contribution in [0.3, 0.4) is 0 Å². The first-order valence-electron chi connectivity index (χ1n) is 11.4. The maximum atomic E-state index is 2.64. The number of aryl methyl sites for hydroxylation is 2. The Kier molecular flexibility index (Phi) is 4.97. The van der Waals surface area contributed by atoms with Gasteiger partial charge in [0.05, 0.1) is 0 Å². The van der Waals surface area contributed by atoms with Crippen LogP contribution in [0.15, 0.2) is 70.8 Å². The molecule has 0 spiro atoms. The van der Waals surface area contributed by atoms with Crippen molar-refractivity contribution in [2.45, 2.75) is 66.6 Å².